The molecule has 0 spiro atoms. The van der Waals surface area contributed by atoms with Gasteiger partial charge in [0.15, 0.2) is 0 Å². The van der Waals surface area contributed by atoms with Gasteiger partial charge in [-0.3, -0.25) is 4.79 Å². The summed E-state index contributed by atoms with van der Waals surface area (Å²) >= 11 is 0. The van der Waals surface area contributed by atoms with Crippen molar-refractivity contribution in [3.05, 3.63) is 12.2 Å². The fraction of sp³-hybridized carbons (Fsp3) is 0.625. The van der Waals surface area contributed by atoms with Crippen LogP contribution >= 0.6 is 0 Å². The van der Waals surface area contributed by atoms with Crippen molar-refractivity contribution in [1.29, 1.82) is 0 Å². The zero-order valence-corrected chi connectivity index (χ0v) is 9.02. The molecule has 5 heteroatoms. The van der Waals surface area contributed by atoms with Crippen LogP contribution in [0.25, 0.3) is 0 Å². The van der Waals surface area contributed by atoms with E-state index in [-0.39, 0.29) is 18.2 Å². The fourth-order valence-corrected chi connectivity index (χ4v) is 1.34. The summed E-state index contributed by atoms with van der Waals surface area (Å²) in [6.07, 6.45) is 1.14. The summed E-state index contributed by atoms with van der Waals surface area (Å²) in [5.74, 6) is -0.230. The first kappa shape index (κ1) is 12.2. The first-order chi connectivity index (χ1) is 5.74. The molecule has 0 bridgehead atoms. The summed E-state index contributed by atoms with van der Waals surface area (Å²) < 4.78 is 21.5. The second-order valence-electron chi connectivity index (χ2n) is 3.14. The van der Waals surface area contributed by atoms with Gasteiger partial charge in [0.05, 0.1) is 5.75 Å². The molecular weight excluding hydrogens is 190 g/mol. The van der Waals surface area contributed by atoms with Gasteiger partial charge in [-0.2, -0.15) is 0 Å². The molecule has 0 radical (unpaired) electrons. The average Bonchev–Trinajstić information content (AvgIpc) is 1.97. The van der Waals surface area contributed by atoms with E-state index in [1.807, 2.05) is 0 Å². The zero-order valence-electron chi connectivity index (χ0n) is 8.20. The maximum absolute atomic E-state index is 11.2. The molecule has 13 heavy (non-hydrogen) atoms. The minimum absolute atomic E-state index is 0.0114. The standard InChI is InChI=1S/C8H15NO3S/c1-7(2)8(10)9(3)5-6-13(4,11)12/h1,5-6H2,2-4H3. The monoisotopic (exact) mass is 205 g/mol. The quantitative estimate of drug-likeness (QED) is 0.610. The lowest BCUT2D eigenvalue weighted by Gasteiger charge is -2.15. The van der Waals surface area contributed by atoms with Crippen molar-refractivity contribution in [2.75, 3.05) is 25.6 Å². The van der Waals surface area contributed by atoms with Crippen molar-refractivity contribution in [3.63, 3.8) is 0 Å². The van der Waals surface area contributed by atoms with E-state index in [0.717, 1.165) is 6.26 Å². The Hall–Kier alpha value is -0.840. The van der Waals surface area contributed by atoms with E-state index in [2.05, 4.69) is 6.58 Å². The van der Waals surface area contributed by atoms with Crippen molar-refractivity contribution in [2.24, 2.45) is 0 Å². The summed E-state index contributed by atoms with van der Waals surface area (Å²) in [6.45, 7) is 5.29. The largest absolute Gasteiger partial charge is 0.341 e. The molecule has 0 N–H and O–H groups in total. The first-order valence-corrected chi connectivity index (χ1v) is 5.89. The Labute approximate surface area is 79.2 Å². The van der Waals surface area contributed by atoms with Gasteiger partial charge in [-0.25, -0.2) is 8.42 Å². The number of hydrogen-bond donors (Lipinski definition) is 0. The molecule has 0 atom stereocenters. The summed E-state index contributed by atoms with van der Waals surface area (Å²) in [5.41, 5.74) is 0.413. The number of carbonyl (C=O) groups excluding carboxylic acids is 1. The lowest BCUT2D eigenvalue weighted by atomic mass is 10.3. The van der Waals surface area contributed by atoms with Crippen LogP contribution in [-0.4, -0.2) is 44.8 Å². The van der Waals surface area contributed by atoms with E-state index in [0.29, 0.717) is 5.57 Å². The molecule has 0 heterocycles. The van der Waals surface area contributed by atoms with E-state index in [4.69, 9.17) is 0 Å². The maximum atomic E-state index is 11.2. The molecule has 0 saturated carbocycles. The molecule has 0 aromatic carbocycles. The number of nitrogens with zero attached hydrogens (tertiary/aromatic N) is 1. The van der Waals surface area contributed by atoms with Gasteiger partial charge in [0.2, 0.25) is 5.91 Å². The van der Waals surface area contributed by atoms with Crippen molar-refractivity contribution < 1.29 is 13.2 Å². The van der Waals surface area contributed by atoms with Gasteiger partial charge in [-0.15, -0.1) is 0 Å². The van der Waals surface area contributed by atoms with Crippen LogP contribution in [-0.2, 0) is 14.6 Å². The molecule has 1 amide bonds. The molecule has 76 valence electrons. The molecule has 0 saturated heterocycles. The predicted molar refractivity (Wildman–Crippen MR) is 52.2 cm³/mol. The number of likely N-dealkylation sites (N-methyl/N-ethyl adjacent to an activating group) is 1. The van der Waals surface area contributed by atoms with E-state index >= 15 is 0 Å². The minimum atomic E-state index is -3.00. The molecule has 0 aliphatic heterocycles. The second kappa shape index (κ2) is 4.41. The molecule has 0 rings (SSSR count). The van der Waals surface area contributed by atoms with Gasteiger partial charge in [-0.1, -0.05) is 6.58 Å². The highest BCUT2D eigenvalue weighted by atomic mass is 32.2. The van der Waals surface area contributed by atoms with Gasteiger partial charge in [0, 0.05) is 25.4 Å². The number of carbonyl (C=O) groups is 1. The van der Waals surface area contributed by atoms with Crippen molar-refractivity contribution in [2.45, 2.75) is 6.92 Å². The SMILES string of the molecule is C=C(C)C(=O)N(C)CCS(C)(=O)=O. The van der Waals surface area contributed by atoms with Crippen LogP contribution in [0, 0.1) is 0 Å². The number of hydrogen-bond acceptors (Lipinski definition) is 3. The highest BCUT2D eigenvalue weighted by Crippen LogP contribution is 1.96. The molecule has 0 aromatic rings. The Morgan fingerprint density at radius 3 is 2.23 bits per heavy atom. The van der Waals surface area contributed by atoms with Crippen LogP contribution in [0.15, 0.2) is 12.2 Å². The Morgan fingerprint density at radius 2 is 1.92 bits per heavy atom. The first-order valence-electron chi connectivity index (χ1n) is 3.82. The molecule has 0 aliphatic carbocycles. The number of amides is 1. The van der Waals surface area contributed by atoms with Crippen molar-refractivity contribution >= 4 is 15.7 Å². The van der Waals surface area contributed by atoms with Crippen molar-refractivity contribution in [3.8, 4) is 0 Å². The molecule has 4 nitrogen and oxygen atoms in total. The third-order valence-electron chi connectivity index (χ3n) is 1.51. The van der Waals surface area contributed by atoms with Crippen LogP contribution in [0.2, 0.25) is 0 Å². The van der Waals surface area contributed by atoms with Gasteiger partial charge in [0.25, 0.3) is 0 Å². The van der Waals surface area contributed by atoms with Crippen LogP contribution < -0.4 is 0 Å². The molecule has 0 aliphatic rings. The van der Waals surface area contributed by atoms with Crippen LogP contribution in [0.4, 0.5) is 0 Å². The topological polar surface area (TPSA) is 54.5 Å². The van der Waals surface area contributed by atoms with Gasteiger partial charge < -0.3 is 4.90 Å². The van der Waals surface area contributed by atoms with Gasteiger partial charge in [0.1, 0.15) is 9.84 Å². The van der Waals surface area contributed by atoms with E-state index < -0.39 is 9.84 Å². The lowest BCUT2D eigenvalue weighted by Crippen LogP contribution is -2.31. The number of sulfone groups is 1. The summed E-state index contributed by atoms with van der Waals surface area (Å²) in [6, 6.07) is 0. The average molecular weight is 205 g/mol. The van der Waals surface area contributed by atoms with Crippen molar-refractivity contribution in [1.82, 2.24) is 4.90 Å². The Balaban J connectivity index is 4.10. The molecule has 0 fully saturated rings. The normalized spacial score (nSPS) is 11.0. The lowest BCUT2D eigenvalue weighted by molar-refractivity contribution is -0.125. The van der Waals surface area contributed by atoms with E-state index in [1.54, 1.807) is 14.0 Å². The fourth-order valence-electron chi connectivity index (χ4n) is 0.730. The van der Waals surface area contributed by atoms with Crippen LogP contribution in [0.1, 0.15) is 6.92 Å². The van der Waals surface area contributed by atoms with Crippen LogP contribution in [0.5, 0.6) is 0 Å². The maximum Gasteiger partial charge on any atom is 0.248 e. The molecule has 0 aromatic heterocycles. The van der Waals surface area contributed by atoms with Gasteiger partial charge in [-0.05, 0) is 6.92 Å². The summed E-state index contributed by atoms with van der Waals surface area (Å²) in [5, 5.41) is 0. The molecule has 0 unspecified atom stereocenters. The molecular formula is C8H15NO3S. The predicted octanol–water partition coefficient (Wildman–Crippen LogP) is 0.0655. The summed E-state index contributed by atoms with van der Waals surface area (Å²) in [4.78, 5) is 12.5. The third-order valence-corrected chi connectivity index (χ3v) is 2.43. The number of rotatable bonds is 4. The summed E-state index contributed by atoms with van der Waals surface area (Å²) in [7, 11) is -1.44. The van der Waals surface area contributed by atoms with E-state index in [9.17, 15) is 13.2 Å². The highest BCUT2D eigenvalue weighted by Gasteiger charge is 2.11. The minimum Gasteiger partial charge on any atom is -0.341 e. The second-order valence-corrected chi connectivity index (χ2v) is 5.40. The van der Waals surface area contributed by atoms with Gasteiger partial charge >= 0.3 is 0 Å². The third kappa shape index (κ3) is 5.41. The zero-order chi connectivity index (χ0) is 10.6. The van der Waals surface area contributed by atoms with Crippen LogP contribution in [0.3, 0.4) is 0 Å². The Kier molecular flexibility index (Phi) is 4.13. The van der Waals surface area contributed by atoms with E-state index in [1.165, 1.54) is 4.90 Å². The Morgan fingerprint density at radius 1 is 1.46 bits per heavy atom. The smallest absolute Gasteiger partial charge is 0.248 e. The Bertz CT molecular complexity index is 305. The highest BCUT2D eigenvalue weighted by molar-refractivity contribution is 7.90.